The first-order chi connectivity index (χ1) is 15.6. The van der Waals surface area contributed by atoms with E-state index in [4.69, 9.17) is 25.8 Å². The SMILES string of the molecule is COc1ccc(CCNc2c(C(=O)N3CCOCC3)cnc3ccc(Cl)cc23)cc1OC. The Labute approximate surface area is 192 Å². The minimum absolute atomic E-state index is 0.0590. The Hall–Kier alpha value is -3.03. The fourth-order valence-electron chi connectivity index (χ4n) is 3.82. The number of pyridine rings is 1. The quantitative estimate of drug-likeness (QED) is 0.579. The van der Waals surface area contributed by atoms with E-state index in [1.807, 2.05) is 30.3 Å². The second-order valence-electron chi connectivity index (χ2n) is 7.48. The van der Waals surface area contributed by atoms with Gasteiger partial charge in [0.2, 0.25) is 0 Å². The Morgan fingerprint density at radius 2 is 1.91 bits per heavy atom. The first-order valence-electron chi connectivity index (χ1n) is 10.5. The number of fused-ring (bicyclic) bond motifs is 1. The van der Waals surface area contributed by atoms with Gasteiger partial charge < -0.3 is 24.4 Å². The van der Waals surface area contributed by atoms with Crippen LogP contribution in [0, 0.1) is 0 Å². The van der Waals surface area contributed by atoms with E-state index >= 15 is 0 Å². The number of nitrogens with zero attached hydrogens (tertiary/aromatic N) is 2. The molecule has 0 aliphatic carbocycles. The molecule has 1 aliphatic heterocycles. The van der Waals surface area contributed by atoms with E-state index in [2.05, 4.69) is 10.3 Å². The first kappa shape index (κ1) is 22.2. The number of hydrogen-bond acceptors (Lipinski definition) is 6. The number of amides is 1. The van der Waals surface area contributed by atoms with Crippen LogP contribution in [0.2, 0.25) is 5.02 Å². The molecule has 0 unspecified atom stereocenters. The lowest BCUT2D eigenvalue weighted by atomic mass is 10.1. The minimum atomic E-state index is -0.0590. The predicted octanol–water partition coefficient (Wildman–Crippen LogP) is 4.03. The van der Waals surface area contributed by atoms with Gasteiger partial charge in [0.15, 0.2) is 11.5 Å². The summed E-state index contributed by atoms with van der Waals surface area (Å²) >= 11 is 6.27. The number of carbonyl (C=O) groups excluding carboxylic acids is 1. The topological polar surface area (TPSA) is 72.9 Å². The second kappa shape index (κ2) is 10.1. The van der Waals surface area contributed by atoms with Crippen LogP contribution in [0.25, 0.3) is 10.9 Å². The maximum absolute atomic E-state index is 13.3. The number of morpholine rings is 1. The molecule has 3 aromatic rings. The number of hydrogen-bond donors (Lipinski definition) is 1. The van der Waals surface area contributed by atoms with E-state index in [0.717, 1.165) is 28.6 Å². The molecule has 1 fully saturated rings. The molecule has 1 N–H and O–H groups in total. The number of benzene rings is 2. The molecular weight excluding hydrogens is 430 g/mol. The number of carbonyl (C=O) groups is 1. The number of halogens is 1. The van der Waals surface area contributed by atoms with Crippen LogP contribution in [0.1, 0.15) is 15.9 Å². The van der Waals surface area contributed by atoms with Gasteiger partial charge >= 0.3 is 0 Å². The Morgan fingerprint density at radius 1 is 1.12 bits per heavy atom. The van der Waals surface area contributed by atoms with Crippen molar-refractivity contribution in [3.63, 3.8) is 0 Å². The average Bonchev–Trinajstić information content (AvgIpc) is 2.84. The van der Waals surface area contributed by atoms with Crippen molar-refractivity contribution in [1.29, 1.82) is 0 Å². The molecule has 1 aliphatic rings. The summed E-state index contributed by atoms with van der Waals surface area (Å²) in [4.78, 5) is 19.6. The Bertz CT molecular complexity index is 1120. The van der Waals surface area contributed by atoms with Crippen molar-refractivity contribution in [3.8, 4) is 11.5 Å². The van der Waals surface area contributed by atoms with Gasteiger partial charge in [-0.05, 0) is 42.3 Å². The van der Waals surface area contributed by atoms with Crippen LogP contribution in [0.3, 0.4) is 0 Å². The molecule has 1 aromatic heterocycles. The summed E-state index contributed by atoms with van der Waals surface area (Å²) in [5, 5.41) is 4.89. The third-order valence-electron chi connectivity index (χ3n) is 5.52. The lowest BCUT2D eigenvalue weighted by molar-refractivity contribution is 0.0303. The van der Waals surface area contributed by atoms with Crippen LogP contribution in [0.5, 0.6) is 11.5 Å². The van der Waals surface area contributed by atoms with Crippen molar-refractivity contribution in [2.75, 3.05) is 52.4 Å². The number of rotatable bonds is 7. The highest BCUT2D eigenvalue weighted by Crippen LogP contribution is 2.30. The summed E-state index contributed by atoms with van der Waals surface area (Å²) in [5.74, 6) is 1.32. The zero-order valence-electron chi connectivity index (χ0n) is 18.2. The van der Waals surface area contributed by atoms with E-state index < -0.39 is 0 Å². The van der Waals surface area contributed by atoms with Crippen LogP contribution < -0.4 is 14.8 Å². The van der Waals surface area contributed by atoms with Crippen LogP contribution in [-0.2, 0) is 11.2 Å². The minimum Gasteiger partial charge on any atom is -0.493 e. The van der Waals surface area contributed by atoms with Crippen LogP contribution in [-0.4, -0.2) is 62.9 Å². The number of nitrogens with one attached hydrogen (secondary N) is 1. The zero-order valence-corrected chi connectivity index (χ0v) is 18.9. The van der Waals surface area contributed by atoms with E-state index in [-0.39, 0.29) is 5.91 Å². The predicted molar refractivity (Wildman–Crippen MR) is 125 cm³/mol. The highest BCUT2D eigenvalue weighted by Gasteiger charge is 2.23. The fraction of sp³-hybridized carbons (Fsp3) is 0.333. The summed E-state index contributed by atoms with van der Waals surface area (Å²) in [6.45, 7) is 2.83. The molecule has 1 amide bonds. The third-order valence-corrected chi connectivity index (χ3v) is 5.76. The van der Waals surface area contributed by atoms with Gasteiger partial charge in [-0.15, -0.1) is 0 Å². The molecule has 0 saturated carbocycles. The Morgan fingerprint density at radius 3 is 2.66 bits per heavy atom. The van der Waals surface area contributed by atoms with Gasteiger partial charge in [0, 0.05) is 36.2 Å². The highest BCUT2D eigenvalue weighted by molar-refractivity contribution is 6.31. The smallest absolute Gasteiger partial charge is 0.257 e. The van der Waals surface area contributed by atoms with E-state index in [0.29, 0.717) is 54.9 Å². The summed E-state index contributed by atoms with van der Waals surface area (Å²) in [6, 6.07) is 11.4. The Balaban J connectivity index is 1.61. The van der Waals surface area contributed by atoms with Gasteiger partial charge in [0.25, 0.3) is 5.91 Å². The standard InChI is InChI=1S/C24H26ClN3O4/c1-30-21-6-3-16(13-22(21)31-2)7-8-26-23-18-14-17(25)4-5-20(18)27-15-19(23)24(29)28-9-11-32-12-10-28/h3-6,13-15H,7-12H2,1-2H3,(H,26,27). The van der Waals surface area contributed by atoms with Crippen molar-refractivity contribution in [2.45, 2.75) is 6.42 Å². The number of aromatic nitrogens is 1. The molecule has 4 rings (SSSR count). The number of ether oxygens (including phenoxy) is 3. The summed E-state index contributed by atoms with van der Waals surface area (Å²) in [7, 11) is 3.24. The molecule has 0 spiro atoms. The molecular formula is C24H26ClN3O4. The molecule has 168 valence electrons. The van der Waals surface area contributed by atoms with Gasteiger partial charge in [0.1, 0.15) is 0 Å². The Kier molecular flexibility index (Phi) is 6.97. The molecule has 8 heteroatoms. The number of methoxy groups -OCH3 is 2. The lowest BCUT2D eigenvalue weighted by Crippen LogP contribution is -2.41. The van der Waals surface area contributed by atoms with Gasteiger partial charge in [-0.1, -0.05) is 17.7 Å². The van der Waals surface area contributed by atoms with Gasteiger partial charge in [0.05, 0.1) is 44.2 Å². The largest absolute Gasteiger partial charge is 0.493 e. The normalized spacial score (nSPS) is 13.8. The average molecular weight is 456 g/mol. The summed E-state index contributed by atoms with van der Waals surface area (Å²) in [6.07, 6.45) is 2.38. The molecule has 0 atom stereocenters. The van der Waals surface area contributed by atoms with E-state index in [9.17, 15) is 4.79 Å². The molecule has 2 aromatic carbocycles. The second-order valence-corrected chi connectivity index (χ2v) is 7.92. The first-order valence-corrected chi connectivity index (χ1v) is 10.9. The molecule has 0 bridgehead atoms. The van der Waals surface area contributed by atoms with Gasteiger partial charge in [-0.2, -0.15) is 0 Å². The van der Waals surface area contributed by atoms with Crippen molar-refractivity contribution in [3.05, 3.63) is 58.7 Å². The van der Waals surface area contributed by atoms with Crippen molar-refractivity contribution >= 4 is 34.1 Å². The third kappa shape index (κ3) is 4.74. The maximum atomic E-state index is 13.3. The monoisotopic (exact) mass is 455 g/mol. The lowest BCUT2D eigenvalue weighted by Gasteiger charge is -2.28. The van der Waals surface area contributed by atoms with Crippen LogP contribution >= 0.6 is 11.6 Å². The molecule has 0 radical (unpaired) electrons. The van der Waals surface area contributed by atoms with Crippen molar-refractivity contribution in [2.24, 2.45) is 0 Å². The van der Waals surface area contributed by atoms with E-state index in [1.54, 1.807) is 31.4 Å². The van der Waals surface area contributed by atoms with Crippen molar-refractivity contribution < 1.29 is 19.0 Å². The van der Waals surface area contributed by atoms with Crippen LogP contribution in [0.4, 0.5) is 5.69 Å². The fourth-order valence-corrected chi connectivity index (χ4v) is 3.99. The van der Waals surface area contributed by atoms with Gasteiger partial charge in [-0.3, -0.25) is 9.78 Å². The number of anilines is 1. The zero-order chi connectivity index (χ0) is 22.5. The van der Waals surface area contributed by atoms with E-state index in [1.165, 1.54) is 0 Å². The van der Waals surface area contributed by atoms with Crippen LogP contribution in [0.15, 0.2) is 42.6 Å². The summed E-state index contributed by atoms with van der Waals surface area (Å²) < 4.78 is 16.1. The molecule has 7 nitrogen and oxygen atoms in total. The maximum Gasteiger partial charge on any atom is 0.257 e. The molecule has 32 heavy (non-hydrogen) atoms. The highest BCUT2D eigenvalue weighted by atomic mass is 35.5. The molecule has 1 saturated heterocycles. The van der Waals surface area contributed by atoms with Gasteiger partial charge in [-0.25, -0.2) is 0 Å². The summed E-state index contributed by atoms with van der Waals surface area (Å²) in [5.41, 5.74) is 3.15. The molecule has 2 heterocycles. The van der Waals surface area contributed by atoms with Crippen molar-refractivity contribution in [1.82, 2.24) is 9.88 Å².